The fourth-order valence-electron chi connectivity index (χ4n) is 2.93. The minimum Gasteiger partial charge on any atom is -0.367 e. The van der Waals surface area contributed by atoms with Crippen molar-refractivity contribution in [2.75, 3.05) is 44.7 Å². The van der Waals surface area contributed by atoms with Crippen LogP contribution in [-0.4, -0.2) is 50.7 Å². The molecule has 2 unspecified atom stereocenters. The number of halogens is 1. The van der Waals surface area contributed by atoms with Gasteiger partial charge in [-0.2, -0.15) is 0 Å². The summed E-state index contributed by atoms with van der Waals surface area (Å²) < 4.78 is 13.8. The number of nitrogens with one attached hydrogen (secondary N) is 1. The Bertz CT molecular complexity index is 416. The van der Waals surface area contributed by atoms with Gasteiger partial charge in [0.1, 0.15) is 5.82 Å². The molecule has 1 aromatic carbocycles. The van der Waals surface area contributed by atoms with Gasteiger partial charge < -0.3 is 10.2 Å². The third-order valence-corrected chi connectivity index (χ3v) is 4.43. The first-order chi connectivity index (χ1) is 9.63. The van der Waals surface area contributed by atoms with Crippen molar-refractivity contribution >= 4 is 5.69 Å². The number of hydrogen-bond donors (Lipinski definition) is 1. The zero-order valence-corrected chi connectivity index (χ0v) is 12.8. The topological polar surface area (TPSA) is 18.5 Å². The molecule has 1 aromatic rings. The van der Waals surface area contributed by atoms with Gasteiger partial charge in [-0.3, -0.25) is 4.90 Å². The maximum absolute atomic E-state index is 13.8. The average molecular weight is 279 g/mol. The third-order valence-electron chi connectivity index (χ3n) is 4.43. The third kappa shape index (κ3) is 3.49. The van der Waals surface area contributed by atoms with E-state index in [9.17, 15) is 4.39 Å². The molecular weight excluding hydrogens is 253 g/mol. The molecule has 3 nitrogen and oxygen atoms in total. The molecular formula is C16H26FN3. The van der Waals surface area contributed by atoms with Gasteiger partial charge in [-0.1, -0.05) is 19.1 Å². The number of para-hydroxylation sites is 1. The Morgan fingerprint density at radius 1 is 1.15 bits per heavy atom. The predicted octanol–water partition coefficient (Wildman–Crippen LogP) is 2.19. The molecule has 20 heavy (non-hydrogen) atoms. The minimum absolute atomic E-state index is 0.113. The number of hydrogen-bond acceptors (Lipinski definition) is 3. The van der Waals surface area contributed by atoms with E-state index < -0.39 is 0 Å². The first kappa shape index (κ1) is 15.3. The van der Waals surface area contributed by atoms with Crippen LogP contribution in [-0.2, 0) is 0 Å². The van der Waals surface area contributed by atoms with Gasteiger partial charge in [-0.15, -0.1) is 0 Å². The molecule has 4 heteroatoms. The molecule has 2 atom stereocenters. The van der Waals surface area contributed by atoms with E-state index in [-0.39, 0.29) is 5.82 Å². The molecule has 0 saturated carbocycles. The molecule has 0 bridgehead atoms. The fourth-order valence-corrected chi connectivity index (χ4v) is 2.93. The summed E-state index contributed by atoms with van der Waals surface area (Å²) in [5, 5.41) is 3.24. The van der Waals surface area contributed by atoms with E-state index in [1.54, 1.807) is 12.1 Å². The number of benzene rings is 1. The second-order valence-electron chi connectivity index (χ2n) is 5.75. The van der Waals surface area contributed by atoms with Gasteiger partial charge in [-0.05, 0) is 38.6 Å². The summed E-state index contributed by atoms with van der Waals surface area (Å²) in [4.78, 5) is 4.67. The van der Waals surface area contributed by atoms with Gasteiger partial charge in [0, 0.05) is 32.2 Å². The van der Waals surface area contributed by atoms with Crippen LogP contribution in [0.5, 0.6) is 0 Å². The van der Waals surface area contributed by atoms with Gasteiger partial charge in [-0.25, -0.2) is 4.39 Å². The predicted molar refractivity (Wildman–Crippen MR) is 82.7 cm³/mol. The van der Waals surface area contributed by atoms with E-state index in [1.165, 1.54) is 0 Å². The highest BCUT2D eigenvalue weighted by molar-refractivity contribution is 5.48. The largest absolute Gasteiger partial charge is 0.367 e. The van der Waals surface area contributed by atoms with Crippen LogP contribution >= 0.6 is 0 Å². The van der Waals surface area contributed by atoms with E-state index in [2.05, 4.69) is 29.0 Å². The molecule has 1 heterocycles. The molecule has 0 radical (unpaired) electrons. The Morgan fingerprint density at radius 3 is 2.40 bits per heavy atom. The smallest absolute Gasteiger partial charge is 0.146 e. The lowest BCUT2D eigenvalue weighted by Crippen LogP contribution is -2.52. The van der Waals surface area contributed by atoms with Crippen molar-refractivity contribution in [3.8, 4) is 0 Å². The SMILES string of the molecule is CNCC(C)C(C)N1CCN(c2ccccc2F)CC1. The summed E-state index contributed by atoms with van der Waals surface area (Å²) in [5.41, 5.74) is 0.739. The zero-order valence-electron chi connectivity index (χ0n) is 12.8. The summed E-state index contributed by atoms with van der Waals surface area (Å²) in [6, 6.07) is 7.63. The summed E-state index contributed by atoms with van der Waals surface area (Å²) >= 11 is 0. The number of anilines is 1. The van der Waals surface area contributed by atoms with E-state index in [0.717, 1.165) is 38.4 Å². The van der Waals surface area contributed by atoms with E-state index in [4.69, 9.17) is 0 Å². The highest BCUT2D eigenvalue weighted by Gasteiger charge is 2.25. The lowest BCUT2D eigenvalue weighted by atomic mass is 10.0. The molecule has 0 aromatic heterocycles. The standard InChI is InChI=1S/C16H26FN3/c1-13(12-18-3)14(2)19-8-10-20(11-9-19)16-7-5-4-6-15(16)17/h4-7,13-14,18H,8-12H2,1-3H3. The van der Waals surface area contributed by atoms with Gasteiger partial charge in [0.15, 0.2) is 0 Å². The Labute approximate surface area is 121 Å². The summed E-state index contributed by atoms with van der Waals surface area (Å²) in [7, 11) is 2.00. The Morgan fingerprint density at radius 2 is 1.80 bits per heavy atom. The molecule has 112 valence electrons. The van der Waals surface area contributed by atoms with Crippen molar-refractivity contribution in [1.82, 2.24) is 10.2 Å². The summed E-state index contributed by atoms with van der Waals surface area (Å²) in [6.45, 7) is 9.42. The summed E-state index contributed by atoms with van der Waals surface area (Å²) in [6.07, 6.45) is 0. The van der Waals surface area contributed by atoms with Gasteiger partial charge in [0.25, 0.3) is 0 Å². The first-order valence-electron chi connectivity index (χ1n) is 7.51. The van der Waals surface area contributed by atoms with Crippen molar-refractivity contribution < 1.29 is 4.39 Å². The van der Waals surface area contributed by atoms with E-state index in [0.29, 0.717) is 12.0 Å². The highest BCUT2D eigenvalue weighted by Crippen LogP contribution is 2.21. The monoisotopic (exact) mass is 279 g/mol. The molecule has 1 saturated heterocycles. The van der Waals surface area contributed by atoms with Crippen LogP contribution in [0.2, 0.25) is 0 Å². The Kier molecular flexibility index (Phi) is 5.38. The van der Waals surface area contributed by atoms with Crippen LogP contribution in [0.3, 0.4) is 0 Å². The highest BCUT2D eigenvalue weighted by atomic mass is 19.1. The van der Waals surface area contributed by atoms with Crippen LogP contribution in [0, 0.1) is 11.7 Å². The lowest BCUT2D eigenvalue weighted by molar-refractivity contribution is 0.152. The maximum atomic E-state index is 13.8. The number of nitrogens with zero attached hydrogens (tertiary/aromatic N) is 2. The molecule has 2 rings (SSSR count). The molecule has 1 aliphatic rings. The molecule has 1 N–H and O–H groups in total. The van der Waals surface area contributed by atoms with Crippen molar-refractivity contribution in [3.63, 3.8) is 0 Å². The van der Waals surface area contributed by atoms with Gasteiger partial charge in [0.2, 0.25) is 0 Å². The second kappa shape index (κ2) is 7.04. The van der Waals surface area contributed by atoms with Crippen LogP contribution in [0.1, 0.15) is 13.8 Å². The second-order valence-corrected chi connectivity index (χ2v) is 5.75. The quantitative estimate of drug-likeness (QED) is 0.891. The van der Waals surface area contributed by atoms with E-state index in [1.807, 2.05) is 19.2 Å². The molecule has 0 spiro atoms. The number of rotatable bonds is 5. The van der Waals surface area contributed by atoms with Crippen molar-refractivity contribution in [2.45, 2.75) is 19.9 Å². The number of piperazine rings is 1. The van der Waals surface area contributed by atoms with Crippen LogP contribution in [0.4, 0.5) is 10.1 Å². The minimum atomic E-state index is -0.113. The first-order valence-corrected chi connectivity index (χ1v) is 7.51. The Balaban J connectivity index is 1.91. The van der Waals surface area contributed by atoms with Gasteiger partial charge in [0.05, 0.1) is 5.69 Å². The molecule has 0 amide bonds. The lowest BCUT2D eigenvalue weighted by Gasteiger charge is -2.41. The van der Waals surface area contributed by atoms with Crippen molar-refractivity contribution in [3.05, 3.63) is 30.1 Å². The van der Waals surface area contributed by atoms with E-state index >= 15 is 0 Å². The molecule has 1 aliphatic heterocycles. The zero-order chi connectivity index (χ0) is 14.5. The van der Waals surface area contributed by atoms with Crippen molar-refractivity contribution in [1.29, 1.82) is 0 Å². The molecule has 1 fully saturated rings. The van der Waals surface area contributed by atoms with Crippen LogP contribution in [0.15, 0.2) is 24.3 Å². The normalized spacial score (nSPS) is 19.9. The molecule has 0 aliphatic carbocycles. The summed E-state index contributed by atoms with van der Waals surface area (Å²) in [5.74, 6) is 0.512. The van der Waals surface area contributed by atoms with Crippen LogP contribution < -0.4 is 10.2 Å². The maximum Gasteiger partial charge on any atom is 0.146 e. The van der Waals surface area contributed by atoms with Crippen LogP contribution in [0.25, 0.3) is 0 Å². The fraction of sp³-hybridized carbons (Fsp3) is 0.625. The van der Waals surface area contributed by atoms with Gasteiger partial charge >= 0.3 is 0 Å². The Hall–Kier alpha value is -1.13. The average Bonchev–Trinajstić information content (AvgIpc) is 2.47. The van der Waals surface area contributed by atoms with Crippen molar-refractivity contribution in [2.24, 2.45) is 5.92 Å².